The molecule has 1 saturated heterocycles. The van der Waals surface area contributed by atoms with Gasteiger partial charge in [0, 0.05) is 26.2 Å². The summed E-state index contributed by atoms with van der Waals surface area (Å²) < 4.78 is 12.3. The van der Waals surface area contributed by atoms with Gasteiger partial charge < -0.3 is 9.47 Å². The normalized spacial score (nSPS) is 14.5. The Bertz CT molecular complexity index is 1360. The van der Waals surface area contributed by atoms with Crippen LogP contribution in [0.5, 0.6) is 5.75 Å². The van der Waals surface area contributed by atoms with Gasteiger partial charge in [0.15, 0.2) is 5.13 Å². The molecule has 1 fully saturated rings. The van der Waals surface area contributed by atoms with E-state index in [4.69, 9.17) is 14.5 Å². The molecule has 0 unspecified atom stereocenters. The Morgan fingerprint density at radius 1 is 1.11 bits per heavy atom. The third-order valence-electron chi connectivity index (χ3n) is 6.54. The summed E-state index contributed by atoms with van der Waals surface area (Å²) in [5.41, 5.74) is 3.87. The van der Waals surface area contributed by atoms with Gasteiger partial charge >= 0.3 is 0 Å². The Kier molecular flexibility index (Phi) is 7.00. The number of benzene rings is 3. The maximum atomic E-state index is 14.1. The maximum absolute atomic E-state index is 14.1. The van der Waals surface area contributed by atoms with Crippen LogP contribution in [0.1, 0.15) is 27.9 Å². The number of aryl methyl sites for hydroxylation is 2. The lowest BCUT2D eigenvalue weighted by Gasteiger charge is -2.28. The molecule has 1 aliphatic heterocycles. The van der Waals surface area contributed by atoms with Gasteiger partial charge in [-0.15, -0.1) is 0 Å². The van der Waals surface area contributed by atoms with Gasteiger partial charge in [-0.2, -0.15) is 0 Å². The monoisotopic (exact) mass is 489 g/mol. The van der Waals surface area contributed by atoms with Crippen molar-refractivity contribution < 1.29 is 14.3 Å². The van der Waals surface area contributed by atoms with Crippen molar-refractivity contribution in [2.45, 2.75) is 20.3 Å². The van der Waals surface area contributed by atoms with Crippen LogP contribution in [-0.2, 0) is 4.74 Å². The lowest BCUT2D eigenvalue weighted by Crippen LogP contribution is -2.39. The van der Waals surface area contributed by atoms with E-state index in [2.05, 4.69) is 30.9 Å². The quantitative estimate of drug-likeness (QED) is 0.346. The second kappa shape index (κ2) is 10.3. The molecular formula is C28H31N3O3S. The fraction of sp³-hybridized carbons (Fsp3) is 0.357. The topological polar surface area (TPSA) is 54.9 Å². The van der Waals surface area contributed by atoms with Crippen LogP contribution in [0.15, 0.2) is 48.5 Å². The van der Waals surface area contributed by atoms with Crippen LogP contribution in [0.2, 0.25) is 0 Å². The first-order valence-corrected chi connectivity index (χ1v) is 12.9. The molecule has 7 heteroatoms. The third-order valence-corrected chi connectivity index (χ3v) is 7.77. The summed E-state index contributed by atoms with van der Waals surface area (Å²) in [7, 11) is 1.62. The van der Waals surface area contributed by atoms with Gasteiger partial charge in [-0.1, -0.05) is 41.7 Å². The molecule has 4 aromatic rings. The molecule has 0 bridgehead atoms. The highest BCUT2D eigenvalue weighted by Gasteiger charge is 2.25. The smallest absolute Gasteiger partial charge is 0.263 e. The molecule has 35 heavy (non-hydrogen) atoms. The average molecular weight is 490 g/mol. The number of ether oxygens (including phenoxy) is 2. The van der Waals surface area contributed by atoms with Crippen LogP contribution in [0, 0.1) is 13.8 Å². The van der Waals surface area contributed by atoms with Gasteiger partial charge in [0.25, 0.3) is 5.91 Å². The number of aromatic nitrogens is 1. The first-order valence-electron chi connectivity index (χ1n) is 12.1. The van der Waals surface area contributed by atoms with Gasteiger partial charge in [-0.25, -0.2) is 4.98 Å². The summed E-state index contributed by atoms with van der Waals surface area (Å²) >= 11 is 1.59. The van der Waals surface area contributed by atoms with Crippen molar-refractivity contribution in [3.8, 4) is 5.75 Å². The highest BCUT2D eigenvalue weighted by molar-refractivity contribution is 7.22. The molecule has 0 N–H and O–H groups in total. The molecule has 0 atom stereocenters. The maximum Gasteiger partial charge on any atom is 0.263 e. The molecule has 1 aromatic heterocycles. The van der Waals surface area contributed by atoms with Crippen LogP contribution in [0.3, 0.4) is 0 Å². The SMILES string of the molecule is COc1cc2ccccc2cc1C(=O)N(CCCN1CCOCC1)c1nc2cc(C)cc(C)c2s1. The molecule has 0 spiro atoms. The van der Waals surface area contributed by atoms with Crippen LogP contribution in [0.25, 0.3) is 21.0 Å². The minimum Gasteiger partial charge on any atom is -0.496 e. The van der Waals surface area contributed by atoms with Gasteiger partial charge in [0.2, 0.25) is 0 Å². The fourth-order valence-electron chi connectivity index (χ4n) is 4.74. The van der Waals surface area contributed by atoms with E-state index in [9.17, 15) is 4.79 Å². The second-order valence-corrected chi connectivity index (χ2v) is 10.1. The van der Waals surface area contributed by atoms with E-state index >= 15 is 0 Å². The van der Waals surface area contributed by atoms with E-state index in [1.54, 1.807) is 18.4 Å². The zero-order chi connectivity index (χ0) is 24.4. The van der Waals surface area contributed by atoms with Crippen LogP contribution < -0.4 is 9.64 Å². The predicted molar refractivity (Wildman–Crippen MR) is 143 cm³/mol. The Morgan fingerprint density at radius 2 is 1.86 bits per heavy atom. The van der Waals surface area contributed by atoms with E-state index in [1.165, 1.54) is 11.1 Å². The summed E-state index contributed by atoms with van der Waals surface area (Å²) in [5.74, 6) is 0.503. The van der Waals surface area contributed by atoms with Crippen molar-refractivity contribution >= 4 is 43.4 Å². The first kappa shape index (κ1) is 23.7. The number of fused-ring (bicyclic) bond motifs is 2. The molecule has 5 rings (SSSR count). The molecule has 182 valence electrons. The first-order chi connectivity index (χ1) is 17.0. The summed E-state index contributed by atoms with van der Waals surface area (Å²) in [5, 5.41) is 2.79. The van der Waals surface area contributed by atoms with Gasteiger partial charge in [0.05, 0.1) is 36.1 Å². The molecule has 3 aromatic carbocycles. The Hall–Kier alpha value is -3.00. The van der Waals surface area contributed by atoms with E-state index < -0.39 is 0 Å². The average Bonchev–Trinajstić information content (AvgIpc) is 3.30. The molecule has 0 saturated carbocycles. The molecule has 6 nitrogen and oxygen atoms in total. The van der Waals surface area contributed by atoms with Crippen molar-refractivity contribution in [3.05, 3.63) is 65.2 Å². The zero-order valence-corrected chi connectivity index (χ0v) is 21.4. The van der Waals surface area contributed by atoms with Crippen molar-refractivity contribution in [2.75, 3.05) is 51.4 Å². The lowest BCUT2D eigenvalue weighted by molar-refractivity contribution is 0.0376. The van der Waals surface area contributed by atoms with Crippen LogP contribution in [0.4, 0.5) is 5.13 Å². The zero-order valence-electron chi connectivity index (χ0n) is 20.5. The fourth-order valence-corrected chi connectivity index (χ4v) is 5.78. The second-order valence-electron chi connectivity index (χ2n) is 9.09. The number of morpholine rings is 1. The van der Waals surface area contributed by atoms with Crippen molar-refractivity contribution in [1.82, 2.24) is 9.88 Å². The number of carbonyl (C=O) groups excluding carboxylic acids is 1. The standard InChI is InChI=1S/C28H31N3O3S/c1-19-15-20(2)26-24(16-19)29-28(35-26)31(10-6-9-30-11-13-34-14-12-30)27(32)23-17-21-7-4-5-8-22(21)18-25(23)33-3/h4-5,7-8,15-18H,6,9-14H2,1-3H3. The van der Waals surface area contributed by atoms with Crippen molar-refractivity contribution in [2.24, 2.45) is 0 Å². The highest BCUT2D eigenvalue weighted by Crippen LogP contribution is 2.34. The van der Waals surface area contributed by atoms with Gasteiger partial charge in [-0.05, 0) is 60.4 Å². The third kappa shape index (κ3) is 5.03. The number of methoxy groups -OCH3 is 1. The Morgan fingerprint density at radius 3 is 2.60 bits per heavy atom. The van der Waals surface area contributed by atoms with E-state index in [1.807, 2.05) is 41.3 Å². The van der Waals surface area contributed by atoms with Crippen molar-refractivity contribution in [1.29, 1.82) is 0 Å². The summed E-state index contributed by atoms with van der Waals surface area (Å²) in [4.78, 5) is 23.2. The molecule has 2 heterocycles. The summed E-state index contributed by atoms with van der Waals surface area (Å²) in [6, 6.07) is 16.2. The number of rotatable bonds is 7. The minimum absolute atomic E-state index is 0.0805. The number of anilines is 1. The van der Waals surface area contributed by atoms with E-state index in [-0.39, 0.29) is 5.91 Å². The number of thiazole rings is 1. The minimum atomic E-state index is -0.0805. The van der Waals surface area contributed by atoms with E-state index in [0.29, 0.717) is 17.9 Å². The largest absolute Gasteiger partial charge is 0.496 e. The Labute approximate surface area is 210 Å². The number of hydrogen-bond donors (Lipinski definition) is 0. The molecular weight excluding hydrogens is 458 g/mol. The van der Waals surface area contributed by atoms with Crippen LogP contribution >= 0.6 is 11.3 Å². The van der Waals surface area contributed by atoms with E-state index in [0.717, 1.165) is 65.4 Å². The van der Waals surface area contributed by atoms with Crippen molar-refractivity contribution in [3.63, 3.8) is 0 Å². The predicted octanol–water partition coefficient (Wildman–Crippen LogP) is 5.44. The molecule has 1 amide bonds. The molecule has 0 aliphatic carbocycles. The molecule has 0 radical (unpaired) electrons. The summed E-state index contributed by atoms with van der Waals surface area (Å²) in [6.07, 6.45) is 0.857. The van der Waals surface area contributed by atoms with Gasteiger partial charge in [0.1, 0.15) is 5.75 Å². The number of hydrogen-bond acceptors (Lipinski definition) is 6. The van der Waals surface area contributed by atoms with Crippen LogP contribution in [-0.4, -0.2) is 62.3 Å². The number of nitrogens with zero attached hydrogens (tertiary/aromatic N) is 3. The number of amides is 1. The Balaban J connectivity index is 1.51. The summed E-state index contributed by atoms with van der Waals surface area (Å²) in [6.45, 7) is 9.11. The lowest BCUT2D eigenvalue weighted by atomic mass is 10.0. The highest BCUT2D eigenvalue weighted by atomic mass is 32.1. The molecule has 1 aliphatic rings. The van der Waals surface area contributed by atoms with Gasteiger partial charge in [-0.3, -0.25) is 14.6 Å². The number of carbonyl (C=O) groups is 1.